The van der Waals surface area contributed by atoms with Crippen LogP contribution in [0.5, 0.6) is 0 Å². The number of halogens is 1. The van der Waals surface area contributed by atoms with Crippen LogP contribution in [0.1, 0.15) is 0 Å². The molecule has 0 aliphatic carbocycles. The topological polar surface area (TPSA) is 30.7 Å². The molecule has 3 nitrogen and oxygen atoms in total. The van der Waals surface area contributed by atoms with Gasteiger partial charge in [-0.2, -0.15) is 9.49 Å². The summed E-state index contributed by atoms with van der Waals surface area (Å²) in [5.41, 5.74) is 2.04. The van der Waals surface area contributed by atoms with Gasteiger partial charge in [0.2, 0.25) is 5.95 Å². The van der Waals surface area contributed by atoms with Gasteiger partial charge in [-0.1, -0.05) is 36.4 Å². The van der Waals surface area contributed by atoms with Crippen LogP contribution in [0.2, 0.25) is 0 Å². The number of nitrogens with zero attached hydrogens (tertiary/aromatic N) is 3. The van der Waals surface area contributed by atoms with Crippen molar-refractivity contribution in [2.45, 2.75) is 0 Å². The van der Waals surface area contributed by atoms with Crippen LogP contribution < -0.4 is 0 Å². The van der Waals surface area contributed by atoms with Gasteiger partial charge in [0, 0.05) is 11.8 Å². The Morgan fingerprint density at radius 3 is 2.50 bits per heavy atom. The van der Waals surface area contributed by atoms with Gasteiger partial charge >= 0.3 is 0 Å². The van der Waals surface area contributed by atoms with Gasteiger partial charge in [0.05, 0.1) is 6.20 Å². The van der Waals surface area contributed by atoms with E-state index in [4.69, 9.17) is 0 Å². The van der Waals surface area contributed by atoms with Crippen LogP contribution in [0.4, 0.5) is 4.39 Å². The molecule has 0 bridgehead atoms. The minimum Gasteiger partial charge on any atom is -0.222 e. The van der Waals surface area contributed by atoms with E-state index in [9.17, 15) is 4.39 Å². The zero-order chi connectivity index (χ0) is 12.4. The third-order valence-electron chi connectivity index (χ3n) is 2.62. The van der Waals surface area contributed by atoms with Crippen molar-refractivity contribution in [2.75, 3.05) is 0 Å². The molecule has 3 rings (SSSR count). The first-order chi connectivity index (χ1) is 8.83. The summed E-state index contributed by atoms with van der Waals surface area (Å²) in [7, 11) is 0. The predicted molar refractivity (Wildman–Crippen MR) is 66.8 cm³/mol. The lowest BCUT2D eigenvalue weighted by molar-refractivity contribution is 0.577. The number of hydrogen-bond acceptors (Lipinski definition) is 2. The first kappa shape index (κ1) is 10.7. The largest absolute Gasteiger partial charge is 0.222 e. The van der Waals surface area contributed by atoms with Gasteiger partial charge in [-0.15, -0.1) is 0 Å². The van der Waals surface area contributed by atoms with E-state index in [1.807, 2.05) is 36.5 Å². The molecule has 0 radical (unpaired) electrons. The number of rotatable bonds is 2. The van der Waals surface area contributed by atoms with E-state index in [1.54, 1.807) is 23.0 Å². The molecule has 0 unspecified atom stereocenters. The Hall–Kier alpha value is -2.49. The lowest BCUT2D eigenvalue weighted by atomic mass is 10.1. The van der Waals surface area contributed by atoms with Gasteiger partial charge in [0.1, 0.15) is 0 Å². The average molecular weight is 239 g/mol. The Labute approximate surface area is 104 Å². The fraction of sp³-hybridized carbons (Fsp3) is 0. The molecule has 2 aromatic heterocycles. The highest BCUT2D eigenvalue weighted by atomic mass is 19.1. The van der Waals surface area contributed by atoms with E-state index >= 15 is 0 Å². The second-order valence-electron chi connectivity index (χ2n) is 3.86. The predicted octanol–water partition coefficient (Wildman–Crippen LogP) is 3.07. The summed E-state index contributed by atoms with van der Waals surface area (Å²) in [5, 5.41) is 4.19. The normalized spacial score (nSPS) is 10.5. The molecule has 0 amide bonds. The van der Waals surface area contributed by atoms with Crippen molar-refractivity contribution in [3.63, 3.8) is 0 Å². The van der Waals surface area contributed by atoms with E-state index < -0.39 is 5.95 Å². The van der Waals surface area contributed by atoms with E-state index in [0.717, 1.165) is 11.1 Å². The van der Waals surface area contributed by atoms with Crippen molar-refractivity contribution in [3.8, 4) is 16.9 Å². The standard InChI is InChI=1S/C14H10FN3/c15-13-7-4-8-14(17-13)18-10-12(9-16-18)11-5-2-1-3-6-11/h1-10H. The van der Waals surface area contributed by atoms with Crippen LogP contribution in [0.15, 0.2) is 60.9 Å². The maximum Gasteiger partial charge on any atom is 0.214 e. The van der Waals surface area contributed by atoms with Crippen molar-refractivity contribution < 1.29 is 4.39 Å². The maximum atomic E-state index is 13.0. The van der Waals surface area contributed by atoms with Gasteiger partial charge < -0.3 is 0 Å². The van der Waals surface area contributed by atoms with Gasteiger partial charge in [-0.05, 0) is 17.7 Å². The Kier molecular flexibility index (Phi) is 2.61. The Morgan fingerprint density at radius 1 is 0.889 bits per heavy atom. The van der Waals surface area contributed by atoms with E-state index in [1.165, 1.54) is 6.07 Å². The summed E-state index contributed by atoms with van der Waals surface area (Å²) in [6, 6.07) is 14.5. The van der Waals surface area contributed by atoms with Crippen LogP contribution in [-0.2, 0) is 0 Å². The minimum absolute atomic E-state index is 0.470. The maximum absolute atomic E-state index is 13.0. The van der Waals surface area contributed by atoms with Crippen molar-refractivity contribution in [3.05, 3.63) is 66.9 Å². The number of benzene rings is 1. The van der Waals surface area contributed by atoms with Crippen LogP contribution in [0.3, 0.4) is 0 Å². The van der Waals surface area contributed by atoms with Crippen LogP contribution in [-0.4, -0.2) is 14.8 Å². The highest BCUT2D eigenvalue weighted by Crippen LogP contribution is 2.18. The summed E-state index contributed by atoms with van der Waals surface area (Å²) in [4.78, 5) is 3.78. The molecule has 1 aromatic carbocycles. The molecule has 0 saturated carbocycles. The number of pyridine rings is 1. The summed E-state index contributed by atoms with van der Waals surface area (Å²) in [6.07, 6.45) is 3.57. The zero-order valence-corrected chi connectivity index (χ0v) is 9.49. The Morgan fingerprint density at radius 2 is 1.72 bits per heavy atom. The monoisotopic (exact) mass is 239 g/mol. The van der Waals surface area contributed by atoms with Crippen molar-refractivity contribution in [2.24, 2.45) is 0 Å². The van der Waals surface area contributed by atoms with Crippen LogP contribution in [0, 0.1) is 5.95 Å². The Bertz CT molecular complexity index is 662. The van der Waals surface area contributed by atoms with Crippen molar-refractivity contribution in [1.29, 1.82) is 0 Å². The first-order valence-corrected chi connectivity index (χ1v) is 5.56. The molecular weight excluding hydrogens is 229 g/mol. The summed E-state index contributed by atoms with van der Waals surface area (Å²) in [5.74, 6) is -0.0403. The summed E-state index contributed by atoms with van der Waals surface area (Å²) >= 11 is 0. The molecule has 0 spiro atoms. The highest BCUT2D eigenvalue weighted by molar-refractivity contribution is 5.61. The number of hydrogen-bond donors (Lipinski definition) is 0. The van der Waals surface area contributed by atoms with Crippen molar-refractivity contribution in [1.82, 2.24) is 14.8 Å². The third-order valence-corrected chi connectivity index (χ3v) is 2.62. The lowest BCUT2D eigenvalue weighted by Crippen LogP contribution is -1.98. The molecular formula is C14H10FN3. The summed E-state index contributed by atoms with van der Waals surface area (Å²) < 4.78 is 14.6. The van der Waals surface area contributed by atoms with E-state index in [-0.39, 0.29) is 0 Å². The average Bonchev–Trinajstić information content (AvgIpc) is 2.89. The van der Waals surface area contributed by atoms with E-state index in [0.29, 0.717) is 5.82 Å². The highest BCUT2D eigenvalue weighted by Gasteiger charge is 2.04. The molecule has 0 fully saturated rings. The third kappa shape index (κ3) is 2.00. The molecule has 18 heavy (non-hydrogen) atoms. The molecule has 0 aliphatic rings. The second-order valence-corrected chi connectivity index (χ2v) is 3.86. The first-order valence-electron chi connectivity index (χ1n) is 5.56. The molecule has 88 valence electrons. The fourth-order valence-corrected chi connectivity index (χ4v) is 1.75. The van der Waals surface area contributed by atoms with E-state index in [2.05, 4.69) is 10.1 Å². The smallest absolute Gasteiger partial charge is 0.214 e. The van der Waals surface area contributed by atoms with Crippen molar-refractivity contribution >= 4 is 0 Å². The lowest BCUT2D eigenvalue weighted by Gasteiger charge is -1.99. The van der Waals surface area contributed by atoms with Gasteiger partial charge in [0.15, 0.2) is 5.82 Å². The molecule has 0 aliphatic heterocycles. The fourth-order valence-electron chi connectivity index (χ4n) is 1.75. The van der Waals surface area contributed by atoms with Gasteiger partial charge in [-0.25, -0.2) is 9.67 Å². The quantitative estimate of drug-likeness (QED) is 0.643. The molecule has 0 N–H and O–H groups in total. The molecule has 0 saturated heterocycles. The molecule has 0 atom stereocenters. The minimum atomic E-state index is -0.510. The van der Waals surface area contributed by atoms with Gasteiger partial charge in [0.25, 0.3) is 0 Å². The molecule has 4 heteroatoms. The zero-order valence-electron chi connectivity index (χ0n) is 9.49. The second kappa shape index (κ2) is 4.41. The summed E-state index contributed by atoms with van der Waals surface area (Å²) in [6.45, 7) is 0. The van der Waals surface area contributed by atoms with Gasteiger partial charge in [-0.3, -0.25) is 0 Å². The van der Waals surface area contributed by atoms with Crippen LogP contribution in [0.25, 0.3) is 16.9 Å². The van der Waals surface area contributed by atoms with Crippen LogP contribution >= 0.6 is 0 Å². The molecule has 3 aromatic rings. The molecule has 2 heterocycles. The number of aromatic nitrogens is 3. The Balaban J connectivity index is 2.00. The SMILES string of the molecule is Fc1cccc(-n2cc(-c3ccccc3)cn2)n1.